The van der Waals surface area contributed by atoms with Gasteiger partial charge >= 0.3 is 0 Å². The number of ketones is 1. The quantitative estimate of drug-likeness (QED) is 0.290. The first-order valence-corrected chi connectivity index (χ1v) is 10.6. The minimum Gasteiger partial charge on any atom is -0.507 e. The predicted octanol–water partition coefficient (Wildman–Crippen LogP) is 5.79. The Labute approximate surface area is 194 Å². The van der Waals surface area contributed by atoms with Gasteiger partial charge < -0.3 is 14.3 Å². The Balaban J connectivity index is 1.86. The molecule has 33 heavy (non-hydrogen) atoms. The molecular weight excluding hydrogens is 449 g/mol. The van der Waals surface area contributed by atoms with E-state index in [4.69, 9.17) is 20.8 Å². The molecule has 2 heterocycles. The van der Waals surface area contributed by atoms with Crippen LogP contribution in [-0.4, -0.2) is 22.9 Å². The lowest BCUT2D eigenvalue weighted by Crippen LogP contribution is -2.29. The largest absolute Gasteiger partial charge is 0.507 e. The maximum Gasteiger partial charge on any atom is 0.300 e. The lowest BCUT2D eigenvalue weighted by molar-refractivity contribution is -0.132. The molecule has 4 rings (SSSR count). The van der Waals surface area contributed by atoms with Gasteiger partial charge in [-0.05, 0) is 75.4 Å². The topological polar surface area (TPSA) is 80.0 Å². The van der Waals surface area contributed by atoms with E-state index in [1.54, 1.807) is 43.3 Å². The van der Waals surface area contributed by atoms with Gasteiger partial charge in [0.15, 0.2) is 0 Å². The van der Waals surface area contributed by atoms with Gasteiger partial charge in [-0.1, -0.05) is 11.6 Å². The molecule has 1 aliphatic heterocycles. The second-order valence-corrected chi connectivity index (χ2v) is 8.31. The van der Waals surface area contributed by atoms with E-state index in [1.807, 2.05) is 13.8 Å². The van der Waals surface area contributed by atoms with Crippen molar-refractivity contribution in [2.45, 2.75) is 32.9 Å². The lowest BCUT2D eigenvalue weighted by Gasteiger charge is -2.23. The minimum atomic E-state index is -1.06. The van der Waals surface area contributed by atoms with Gasteiger partial charge in [0.2, 0.25) is 0 Å². The number of benzene rings is 2. The third-order valence-corrected chi connectivity index (χ3v) is 5.45. The second kappa shape index (κ2) is 8.75. The molecule has 1 aromatic heterocycles. The summed E-state index contributed by atoms with van der Waals surface area (Å²) in [4.78, 5) is 27.3. The molecule has 1 unspecified atom stereocenters. The van der Waals surface area contributed by atoms with Gasteiger partial charge in [-0.2, -0.15) is 0 Å². The fraction of sp³-hybridized carbons (Fsp3) is 0.200. The fourth-order valence-electron chi connectivity index (χ4n) is 3.72. The van der Waals surface area contributed by atoms with Crippen molar-refractivity contribution in [1.82, 2.24) is 0 Å². The van der Waals surface area contributed by atoms with Gasteiger partial charge in [-0.3, -0.25) is 14.5 Å². The number of furan rings is 1. The summed E-state index contributed by atoms with van der Waals surface area (Å²) in [7, 11) is 0. The number of rotatable bonds is 5. The average molecular weight is 470 g/mol. The first-order valence-electron chi connectivity index (χ1n) is 10.3. The number of anilines is 1. The number of aliphatic hydroxyl groups is 1. The first kappa shape index (κ1) is 22.6. The van der Waals surface area contributed by atoms with Crippen molar-refractivity contribution >= 4 is 34.7 Å². The van der Waals surface area contributed by atoms with Crippen LogP contribution in [0.4, 0.5) is 10.1 Å². The summed E-state index contributed by atoms with van der Waals surface area (Å²) >= 11 is 5.93. The molecular formula is C25H21ClFNO5. The molecule has 3 aromatic rings. The highest BCUT2D eigenvalue weighted by Gasteiger charge is 2.48. The Morgan fingerprint density at radius 1 is 1.12 bits per heavy atom. The number of nitrogens with zero attached hydrogens (tertiary/aromatic N) is 1. The number of hydrogen-bond acceptors (Lipinski definition) is 5. The van der Waals surface area contributed by atoms with Gasteiger partial charge in [-0.15, -0.1) is 0 Å². The Morgan fingerprint density at radius 2 is 1.82 bits per heavy atom. The zero-order valence-electron chi connectivity index (χ0n) is 18.1. The molecule has 0 bridgehead atoms. The van der Waals surface area contributed by atoms with Crippen LogP contribution in [0.5, 0.6) is 5.75 Å². The zero-order chi connectivity index (χ0) is 23.9. The number of ether oxygens (including phenoxy) is 1. The predicted molar refractivity (Wildman–Crippen MR) is 122 cm³/mol. The smallest absolute Gasteiger partial charge is 0.300 e. The van der Waals surface area contributed by atoms with Crippen LogP contribution < -0.4 is 9.64 Å². The Hall–Kier alpha value is -3.58. The lowest BCUT2D eigenvalue weighted by atomic mass is 9.99. The van der Waals surface area contributed by atoms with Gasteiger partial charge in [-0.25, -0.2) is 4.39 Å². The molecule has 0 spiro atoms. The van der Waals surface area contributed by atoms with Crippen molar-refractivity contribution in [2.75, 3.05) is 4.90 Å². The second-order valence-electron chi connectivity index (χ2n) is 7.91. The van der Waals surface area contributed by atoms with Crippen LogP contribution in [-0.2, 0) is 9.59 Å². The highest BCUT2D eigenvalue weighted by atomic mass is 35.5. The Bertz CT molecular complexity index is 1260. The number of aliphatic hydroxyl groups excluding tert-OH is 1. The van der Waals surface area contributed by atoms with Crippen molar-refractivity contribution in [3.8, 4) is 5.75 Å². The molecule has 1 aliphatic rings. The number of carbonyl (C=O) groups is 2. The summed E-state index contributed by atoms with van der Waals surface area (Å²) in [6.07, 6.45) is -0.0282. The molecule has 6 nitrogen and oxygen atoms in total. The maximum atomic E-state index is 13.7. The molecule has 1 fully saturated rings. The van der Waals surface area contributed by atoms with Crippen LogP contribution in [0.3, 0.4) is 0 Å². The number of Topliss-reactive ketones (excluding diaryl/α,β-unsaturated/α-hetero) is 1. The highest BCUT2D eigenvalue weighted by Crippen LogP contribution is 2.43. The highest BCUT2D eigenvalue weighted by molar-refractivity contribution is 6.51. The van der Waals surface area contributed by atoms with Crippen LogP contribution >= 0.6 is 11.6 Å². The molecule has 170 valence electrons. The monoisotopic (exact) mass is 469 g/mol. The number of hydrogen-bond donors (Lipinski definition) is 1. The van der Waals surface area contributed by atoms with Crippen molar-refractivity contribution in [1.29, 1.82) is 0 Å². The van der Waals surface area contributed by atoms with E-state index in [9.17, 15) is 19.1 Å². The maximum absolute atomic E-state index is 13.7. The summed E-state index contributed by atoms with van der Waals surface area (Å²) in [5.41, 5.74) is 0.379. The number of amides is 1. The third kappa shape index (κ3) is 4.24. The van der Waals surface area contributed by atoms with Crippen molar-refractivity contribution in [2.24, 2.45) is 0 Å². The summed E-state index contributed by atoms with van der Waals surface area (Å²) in [6.45, 7) is 5.50. The standard InChI is InChI=1S/C25H21ClFNO5/c1-13(2)32-17-8-5-15(6-9-17)23(29)21-22(20-11-4-14(3)33-20)28(25(31)24(21)30)16-7-10-19(27)18(26)12-16/h4-13,22,29H,1-3H3/b23-21-. The first-order chi connectivity index (χ1) is 15.7. The summed E-state index contributed by atoms with van der Waals surface area (Å²) < 4.78 is 25.1. The van der Waals surface area contributed by atoms with E-state index < -0.39 is 23.5 Å². The van der Waals surface area contributed by atoms with E-state index in [0.29, 0.717) is 17.1 Å². The van der Waals surface area contributed by atoms with Crippen LogP contribution in [0.1, 0.15) is 37.0 Å². The number of halogens is 2. The molecule has 1 amide bonds. The minimum absolute atomic E-state index is 0.0282. The van der Waals surface area contributed by atoms with E-state index in [2.05, 4.69) is 0 Å². The van der Waals surface area contributed by atoms with Gasteiger partial charge in [0.05, 0.1) is 16.7 Å². The van der Waals surface area contributed by atoms with E-state index >= 15 is 0 Å². The molecule has 1 N–H and O–H groups in total. The summed E-state index contributed by atoms with van der Waals surface area (Å²) in [5, 5.41) is 10.9. The molecule has 1 saturated heterocycles. The van der Waals surface area contributed by atoms with Gasteiger partial charge in [0.25, 0.3) is 11.7 Å². The van der Waals surface area contributed by atoms with E-state index in [1.165, 1.54) is 12.1 Å². The SMILES string of the molecule is Cc1ccc(C2/C(=C(/O)c3ccc(OC(C)C)cc3)C(=O)C(=O)N2c2ccc(F)c(Cl)c2)o1. The molecule has 2 aromatic carbocycles. The molecule has 8 heteroatoms. The van der Waals surface area contributed by atoms with Crippen LogP contribution in [0.25, 0.3) is 5.76 Å². The molecule has 1 atom stereocenters. The van der Waals surface area contributed by atoms with Crippen LogP contribution in [0.15, 0.2) is 64.6 Å². The van der Waals surface area contributed by atoms with Crippen LogP contribution in [0, 0.1) is 12.7 Å². The van der Waals surface area contributed by atoms with Crippen molar-refractivity contribution in [3.05, 3.63) is 88.1 Å². The molecule has 0 saturated carbocycles. The van der Waals surface area contributed by atoms with Crippen LogP contribution in [0.2, 0.25) is 5.02 Å². The Morgan fingerprint density at radius 3 is 2.39 bits per heavy atom. The van der Waals surface area contributed by atoms with Crippen molar-refractivity contribution < 1.29 is 28.2 Å². The van der Waals surface area contributed by atoms with Gasteiger partial charge in [0.1, 0.15) is 34.9 Å². The molecule has 0 aliphatic carbocycles. The number of carbonyl (C=O) groups excluding carboxylic acids is 2. The normalized spacial score (nSPS) is 17.8. The molecule has 0 radical (unpaired) electrons. The van der Waals surface area contributed by atoms with Gasteiger partial charge in [0, 0.05) is 11.3 Å². The van der Waals surface area contributed by atoms with Crippen molar-refractivity contribution in [3.63, 3.8) is 0 Å². The third-order valence-electron chi connectivity index (χ3n) is 5.16. The summed E-state index contributed by atoms with van der Waals surface area (Å²) in [6, 6.07) is 12.5. The van der Waals surface area contributed by atoms with E-state index in [0.717, 1.165) is 11.0 Å². The summed E-state index contributed by atoms with van der Waals surface area (Å²) in [5.74, 6) is -1.38. The average Bonchev–Trinajstić information content (AvgIpc) is 3.31. The zero-order valence-corrected chi connectivity index (χ0v) is 18.9. The fourth-order valence-corrected chi connectivity index (χ4v) is 3.90. The Kier molecular flexibility index (Phi) is 5.99. The van der Waals surface area contributed by atoms with E-state index in [-0.39, 0.29) is 33.9 Å². The number of aryl methyl sites for hydroxylation is 1.